The highest BCUT2D eigenvalue weighted by molar-refractivity contribution is 8.01. The van der Waals surface area contributed by atoms with Gasteiger partial charge in [-0.15, -0.1) is 11.8 Å². The summed E-state index contributed by atoms with van der Waals surface area (Å²) in [5.41, 5.74) is 3.39. The van der Waals surface area contributed by atoms with Crippen LogP contribution in [0.4, 0.5) is 0 Å². The molecule has 2 aliphatic heterocycles. The Bertz CT molecular complexity index is 909. The second-order valence-corrected chi connectivity index (χ2v) is 8.43. The van der Waals surface area contributed by atoms with E-state index in [2.05, 4.69) is 40.2 Å². The van der Waals surface area contributed by atoms with Gasteiger partial charge in [0.1, 0.15) is 5.82 Å². The molecule has 2 aromatic carbocycles. The van der Waals surface area contributed by atoms with E-state index in [0.717, 1.165) is 49.2 Å². The summed E-state index contributed by atoms with van der Waals surface area (Å²) < 4.78 is 0. The lowest BCUT2D eigenvalue weighted by atomic mass is 9.96. The first-order valence-corrected chi connectivity index (χ1v) is 10.1. The van der Waals surface area contributed by atoms with Gasteiger partial charge in [0, 0.05) is 23.9 Å². The summed E-state index contributed by atoms with van der Waals surface area (Å²) in [6.45, 7) is 1.63. The van der Waals surface area contributed by atoms with E-state index in [-0.39, 0.29) is 11.2 Å². The van der Waals surface area contributed by atoms with Crippen LogP contribution in [0.1, 0.15) is 30.1 Å². The lowest BCUT2D eigenvalue weighted by Crippen LogP contribution is -2.43. The molecule has 2 atom stereocenters. The number of nitrogens with zero attached hydrogens (tertiary/aromatic N) is 2. The molecule has 132 valence electrons. The maximum absolute atomic E-state index is 13.1. The number of hydrogen-bond donors (Lipinski definition) is 1. The normalized spacial score (nSPS) is 22.5. The molecule has 1 amide bonds. The lowest BCUT2D eigenvalue weighted by molar-refractivity contribution is -0.131. The molecule has 1 saturated heterocycles. The fourth-order valence-electron chi connectivity index (χ4n) is 4.09. The van der Waals surface area contributed by atoms with Gasteiger partial charge in [-0.05, 0) is 43.0 Å². The van der Waals surface area contributed by atoms with E-state index in [9.17, 15) is 4.79 Å². The Hall–Kier alpha value is -2.27. The SMILES string of the molecule is O=C([C@@H]1Cc2ccccc2S1)N1CCC[C@@H](c2nc3ccccc3[nH]2)C1. The average molecular weight is 363 g/mol. The molecule has 3 heterocycles. The number of rotatable bonds is 2. The molecule has 0 saturated carbocycles. The minimum absolute atomic E-state index is 0.0295. The van der Waals surface area contributed by atoms with Gasteiger partial charge in [-0.25, -0.2) is 4.98 Å². The van der Waals surface area contributed by atoms with Crippen LogP contribution in [0.25, 0.3) is 11.0 Å². The van der Waals surface area contributed by atoms with E-state index < -0.39 is 0 Å². The molecule has 26 heavy (non-hydrogen) atoms. The molecule has 5 heteroatoms. The van der Waals surface area contributed by atoms with E-state index in [0.29, 0.717) is 5.92 Å². The van der Waals surface area contributed by atoms with Crippen LogP contribution < -0.4 is 0 Å². The number of benzene rings is 2. The predicted molar refractivity (Wildman–Crippen MR) is 104 cm³/mol. The monoisotopic (exact) mass is 363 g/mol. The van der Waals surface area contributed by atoms with Gasteiger partial charge >= 0.3 is 0 Å². The van der Waals surface area contributed by atoms with Crippen molar-refractivity contribution in [3.05, 3.63) is 59.9 Å². The molecule has 0 radical (unpaired) electrons. The number of amides is 1. The molecule has 4 nitrogen and oxygen atoms in total. The number of aromatic amines is 1. The van der Waals surface area contributed by atoms with E-state index in [1.807, 2.05) is 18.2 Å². The number of hydrogen-bond acceptors (Lipinski definition) is 3. The van der Waals surface area contributed by atoms with E-state index in [4.69, 9.17) is 4.98 Å². The Kier molecular flexibility index (Phi) is 3.97. The summed E-state index contributed by atoms with van der Waals surface area (Å²) in [6, 6.07) is 16.5. The number of thioether (sulfide) groups is 1. The highest BCUT2D eigenvalue weighted by Crippen LogP contribution is 2.38. The van der Waals surface area contributed by atoms with Crippen molar-refractivity contribution < 1.29 is 4.79 Å². The zero-order valence-electron chi connectivity index (χ0n) is 14.5. The van der Waals surface area contributed by atoms with E-state index >= 15 is 0 Å². The molecule has 0 bridgehead atoms. The van der Waals surface area contributed by atoms with Crippen LogP contribution in [0.15, 0.2) is 53.4 Å². The quantitative estimate of drug-likeness (QED) is 0.749. The molecule has 3 aromatic rings. The maximum Gasteiger partial charge on any atom is 0.236 e. The Morgan fingerprint density at radius 2 is 2.00 bits per heavy atom. The number of piperidine rings is 1. The van der Waals surface area contributed by atoms with Crippen LogP contribution in [0.3, 0.4) is 0 Å². The van der Waals surface area contributed by atoms with Crippen LogP contribution in [0.2, 0.25) is 0 Å². The van der Waals surface area contributed by atoms with Gasteiger partial charge in [-0.3, -0.25) is 4.79 Å². The van der Waals surface area contributed by atoms with Gasteiger partial charge < -0.3 is 9.88 Å². The highest BCUT2D eigenvalue weighted by atomic mass is 32.2. The fourth-order valence-corrected chi connectivity index (χ4v) is 5.37. The van der Waals surface area contributed by atoms with Crippen LogP contribution in [0, 0.1) is 0 Å². The van der Waals surface area contributed by atoms with Crippen molar-refractivity contribution in [1.29, 1.82) is 0 Å². The minimum Gasteiger partial charge on any atom is -0.342 e. The average Bonchev–Trinajstić information content (AvgIpc) is 3.31. The number of aromatic nitrogens is 2. The third-order valence-electron chi connectivity index (χ3n) is 5.45. The Morgan fingerprint density at radius 3 is 2.88 bits per heavy atom. The minimum atomic E-state index is 0.0295. The summed E-state index contributed by atoms with van der Waals surface area (Å²) in [4.78, 5) is 24.6. The van der Waals surface area contributed by atoms with Gasteiger partial charge in [0.2, 0.25) is 5.91 Å². The standard InChI is InChI=1S/C21H21N3OS/c25-21(19-12-14-6-1-4-10-18(14)26-19)24-11-5-7-15(13-24)20-22-16-8-2-3-9-17(16)23-20/h1-4,6,8-10,15,19H,5,7,11-13H2,(H,22,23)/t15-,19+/m1/s1. The highest BCUT2D eigenvalue weighted by Gasteiger charge is 2.34. The molecule has 1 N–H and O–H groups in total. The lowest BCUT2D eigenvalue weighted by Gasteiger charge is -2.33. The van der Waals surface area contributed by atoms with Crippen LogP contribution in [0.5, 0.6) is 0 Å². The predicted octanol–water partition coefficient (Wildman–Crippen LogP) is 3.99. The van der Waals surface area contributed by atoms with Gasteiger partial charge in [-0.2, -0.15) is 0 Å². The van der Waals surface area contributed by atoms with Crippen molar-refractivity contribution in [2.24, 2.45) is 0 Å². The molecular weight excluding hydrogens is 342 g/mol. The van der Waals surface area contributed by atoms with Gasteiger partial charge in [0.15, 0.2) is 0 Å². The Morgan fingerprint density at radius 1 is 1.15 bits per heavy atom. The summed E-state index contributed by atoms with van der Waals surface area (Å²) in [7, 11) is 0. The van der Waals surface area contributed by atoms with Crippen molar-refractivity contribution in [3.8, 4) is 0 Å². The number of carbonyl (C=O) groups excluding carboxylic acids is 1. The summed E-state index contributed by atoms with van der Waals surface area (Å²) in [5.74, 6) is 1.60. The third kappa shape index (κ3) is 2.80. The zero-order chi connectivity index (χ0) is 17.5. The van der Waals surface area contributed by atoms with Crippen molar-refractivity contribution in [1.82, 2.24) is 14.9 Å². The van der Waals surface area contributed by atoms with Gasteiger partial charge in [0.25, 0.3) is 0 Å². The third-order valence-corrected chi connectivity index (χ3v) is 6.76. The number of fused-ring (bicyclic) bond motifs is 2. The van der Waals surface area contributed by atoms with Crippen LogP contribution in [-0.4, -0.2) is 39.1 Å². The topological polar surface area (TPSA) is 49.0 Å². The fraction of sp³-hybridized carbons (Fsp3) is 0.333. The molecule has 0 spiro atoms. The summed E-state index contributed by atoms with van der Waals surface area (Å²) in [5, 5.41) is 0.0295. The first-order valence-electron chi connectivity index (χ1n) is 9.26. The maximum atomic E-state index is 13.1. The molecule has 1 fully saturated rings. The summed E-state index contributed by atoms with van der Waals surface area (Å²) >= 11 is 1.72. The van der Waals surface area contributed by atoms with Crippen molar-refractivity contribution in [3.63, 3.8) is 0 Å². The van der Waals surface area contributed by atoms with Crippen molar-refractivity contribution in [2.75, 3.05) is 13.1 Å². The smallest absolute Gasteiger partial charge is 0.236 e. The molecule has 0 unspecified atom stereocenters. The van der Waals surface area contributed by atoms with Gasteiger partial charge in [-0.1, -0.05) is 30.3 Å². The zero-order valence-corrected chi connectivity index (χ0v) is 15.3. The number of H-pyrrole nitrogens is 1. The molecule has 1 aromatic heterocycles. The van der Waals surface area contributed by atoms with Crippen molar-refractivity contribution in [2.45, 2.75) is 35.3 Å². The largest absolute Gasteiger partial charge is 0.342 e. The summed E-state index contributed by atoms with van der Waals surface area (Å²) in [6.07, 6.45) is 2.98. The first-order chi connectivity index (χ1) is 12.8. The van der Waals surface area contributed by atoms with Crippen LogP contribution >= 0.6 is 11.8 Å². The van der Waals surface area contributed by atoms with E-state index in [1.54, 1.807) is 11.8 Å². The number of carbonyl (C=O) groups is 1. The molecular formula is C21H21N3OS. The first kappa shape index (κ1) is 15.9. The Labute approximate surface area is 157 Å². The number of likely N-dealkylation sites (tertiary alicyclic amines) is 1. The Balaban J connectivity index is 1.32. The number of imidazole rings is 1. The second-order valence-electron chi connectivity index (χ2n) is 7.18. The molecule has 2 aliphatic rings. The van der Waals surface area contributed by atoms with Gasteiger partial charge in [0.05, 0.1) is 16.3 Å². The molecule has 5 rings (SSSR count). The second kappa shape index (κ2) is 6.47. The number of para-hydroxylation sites is 2. The van der Waals surface area contributed by atoms with E-state index in [1.165, 1.54) is 10.5 Å². The van der Waals surface area contributed by atoms with Crippen molar-refractivity contribution >= 4 is 28.7 Å². The van der Waals surface area contributed by atoms with Crippen LogP contribution in [-0.2, 0) is 11.2 Å². The molecule has 0 aliphatic carbocycles. The number of nitrogens with one attached hydrogen (secondary N) is 1.